The van der Waals surface area contributed by atoms with E-state index in [9.17, 15) is 8.42 Å². The van der Waals surface area contributed by atoms with Crippen molar-refractivity contribution in [2.45, 2.75) is 17.9 Å². The van der Waals surface area contributed by atoms with Crippen LogP contribution < -0.4 is 4.74 Å². The molecule has 1 aliphatic heterocycles. The van der Waals surface area contributed by atoms with Crippen molar-refractivity contribution in [3.8, 4) is 5.88 Å². The average molecular weight is 348 g/mol. The van der Waals surface area contributed by atoms with Gasteiger partial charge >= 0.3 is 0 Å². The summed E-state index contributed by atoms with van der Waals surface area (Å²) in [6.07, 6.45) is 1.35. The Morgan fingerprint density at radius 3 is 2.71 bits per heavy atom. The predicted octanol–water partition coefficient (Wildman–Crippen LogP) is 2.24. The predicted molar refractivity (Wildman–Crippen MR) is 89.3 cm³/mol. The van der Waals surface area contributed by atoms with E-state index in [0.29, 0.717) is 32.2 Å². The quantitative estimate of drug-likeness (QED) is 0.829. The Labute approximate surface area is 142 Å². The lowest BCUT2D eigenvalue weighted by molar-refractivity contribution is 0.0320. The lowest BCUT2D eigenvalue weighted by atomic mass is 10.1. The van der Waals surface area contributed by atoms with E-state index in [0.717, 1.165) is 5.56 Å². The van der Waals surface area contributed by atoms with E-state index < -0.39 is 10.0 Å². The van der Waals surface area contributed by atoms with Crippen molar-refractivity contribution >= 4 is 10.0 Å². The van der Waals surface area contributed by atoms with Crippen molar-refractivity contribution < 1.29 is 17.9 Å². The summed E-state index contributed by atoms with van der Waals surface area (Å²) in [7, 11) is -3.66. The van der Waals surface area contributed by atoms with Crippen molar-refractivity contribution in [3.63, 3.8) is 0 Å². The summed E-state index contributed by atoms with van der Waals surface area (Å²) >= 11 is 0. The number of hydrogen-bond donors (Lipinski definition) is 0. The van der Waals surface area contributed by atoms with Crippen LogP contribution in [0.3, 0.4) is 0 Å². The van der Waals surface area contributed by atoms with Crippen molar-refractivity contribution in [1.82, 2.24) is 9.29 Å². The van der Waals surface area contributed by atoms with Gasteiger partial charge in [-0.3, -0.25) is 0 Å². The molecule has 1 fully saturated rings. The fraction of sp³-hybridized carbons (Fsp3) is 0.353. The minimum atomic E-state index is -3.66. The van der Waals surface area contributed by atoms with Gasteiger partial charge in [-0.15, -0.1) is 0 Å². The maximum Gasteiger partial charge on any atom is 0.245 e. The molecule has 24 heavy (non-hydrogen) atoms. The lowest BCUT2D eigenvalue weighted by Crippen LogP contribution is -2.43. The molecule has 0 aliphatic carbocycles. The van der Waals surface area contributed by atoms with Gasteiger partial charge in [-0.2, -0.15) is 4.31 Å². The summed E-state index contributed by atoms with van der Waals surface area (Å²) in [4.78, 5) is 4.23. The standard InChI is InChI=1S/C17H20N2O4S/c1-2-23-17-9-8-15(12-18-17)24(20,21)19-10-11-22-13-16(19)14-6-4-3-5-7-14/h3-9,12,16H,2,10-11,13H2,1H3/t16-/m0/s1. The first-order valence-electron chi connectivity index (χ1n) is 7.86. The Bertz CT molecular complexity index is 763. The molecule has 1 aromatic carbocycles. The zero-order valence-electron chi connectivity index (χ0n) is 13.5. The fourth-order valence-electron chi connectivity index (χ4n) is 2.70. The molecule has 1 aliphatic rings. The van der Waals surface area contributed by atoms with Gasteiger partial charge in [0.1, 0.15) is 4.90 Å². The van der Waals surface area contributed by atoms with Crippen LogP contribution in [0.2, 0.25) is 0 Å². The van der Waals surface area contributed by atoms with Gasteiger partial charge < -0.3 is 9.47 Å². The molecule has 0 radical (unpaired) electrons. The maximum absolute atomic E-state index is 13.0. The number of hydrogen-bond acceptors (Lipinski definition) is 5. The van der Waals surface area contributed by atoms with Crippen molar-refractivity contribution in [2.75, 3.05) is 26.4 Å². The first-order chi connectivity index (χ1) is 11.6. The van der Waals surface area contributed by atoms with Crippen LogP contribution in [0, 0.1) is 0 Å². The molecule has 1 atom stereocenters. The van der Waals surface area contributed by atoms with E-state index in [4.69, 9.17) is 9.47 Å². The summed E-state index contributed by atoms with van der Waals surface area (Å²) in [6, 6.07) is 12.3. The average Bonchev–Trinajstić information content (AvgIpc) is 2.63. The van der Waals surface area contributed by atoms with Crippen LogP contribution in [0.4, 0.5) is 0 Å². The van der Waals surface area contributed by atoms with E-state index >= 15 is 0 Å². The highest BCUT2D eigenvalue weighted by molar-refractivity contribution is 7.89. The number of morpholine rings is 1. The van der Waals surface area contributed by atoms with Crippen LogP contribution in [0.1, 0.15) is 18.5 Å². The van der Waals surface area contributed by atoms with Crippen LogP contribution in [0.15, 0.2) is 53.6 Å². The molecule has 1 saturated heterocycles. The SMILES string of the molecule is CCOc1ccc(S(=O)(=O)N2CCOC[C@H]2c2ccccc2)cn1. The van der Waals surface area contributed by atoms with E-state index in [1.807, 2.05) is 37.3 Å². The zero-order chi connectivity index (χ0) is 17.0. The van der Waals surface area contributed by atoms with E-state index in [2.05, 4.69) is 4.98 Å². The Kier molecular flexibility index (Phi) is 5.13. The van der Waals surface area contributed by atoms with Crippen LogP contribution in [0.5, 0.6) is 5.88 Å². The van der Waals surface area contributed by atoms with Gasteiger partial charge in [0, 0.05) is 12.6 Å². The van der Waals surface area contributed by atoms with Crippen LogP contribution in [0.25, 0.3) is 0 Å². The number of aromatic nitrogens is 1. The Hall–Kier alpha value is -1.96. The number of nitrogens with zero attached hydrogens (tertiary/aromatic N) is 2. The van der Waals surface area contributed by atoms with Crippen molar-refractivity contribution in [3.05, 3.63) is 54.2 Å². The number of ether oxygens (including phenoxy) is 2. The molecule has 0 N–H and O–H groups in total. The molecule has 0 bridgehead atoms. The van der Waals surface area contributed by atoms with Crippen LogP contribution in [-0.4, -0.2) is 44.1 Å². The molecule has 128 valence electrons. The number of pyridine rings is 1. The van der Waals surface area contributed by atoms with Gasteiger partial charge in [-0.05, 0) is 18.6 Å². The molecule has 1 aromatic heterocycles. The minimum Gasteiger partial charge on any atom is -0.478 e. The van der Waals surface area contributed by atoms with Gasteiger partial charge in [0.05, 0.1) is 32.1 Å². The van der Waals surface area contributed by atoms with Crippen molar-refractivity contribution in [1.29, 1.82) is 0 Å². The highest BCUT2D eigenvalue weighted by Crippen LogP contribution is 2.30. The van der Waals surface area contributed by atoms with Gasteiger partial charge in [0.15, 0.2) is 0 Å². The molecule has 0 saturated carbocycles. The number of sulfonamides is 1. The maximum atomic E-state index is 13.0. The third-order valence-corrected chi connectivity index (χ3v) is 5.76. The monoisotopic (exact) mass is 348 g/mol. The molecule has 0 spiro atoms. The molecular weight excluding hydrogens is 328 g/mol. The number of benzene rings is 1. The highest BCUT2D eigenvalue weighted by Gasteiger charge is 2.35. The molecule has 7 heteroatoms. The van der Waals surface area contributed by atoms with Gasteiger partial charge in [-0.25, -0.2) is 13.4 Å². The van der Waals surface area contributed by atoms with Gasteiger partial charge in [0.25, 0.3) is 0 Å². The molecule has 0 unspecified atom stereocenters. The van der Waals surface area contributed by atoms with Crippen LogP contribution >= 0.6 is 0 Å². The molecule has 6 nitrogen and oxygen atoms in total. The smallest absolute Gasteiger partial charge is 0.245 e. The summed E-state index contributed by atoms with van der Waals surface area (Å²) in [5.74, 6) is 0.415. The first kappa shape index (κ1) is 16.9. The number of rotatable bonds is 5. The fourth-order valence-corrected chi connectivity index (χ4v) is 4.23. The first-order valence-corrected chi connectivity index (χ1v) is 9.30. The van der Waals surface area contributed by atoms with Gasteiger partial charge in [0.2, 0.25) is 15.9 Å². The second-order valence-corrected chi connectivity index (χ2v) is 7.27. The molecule has 2 aromatic rings. The van der Waals surface area contributed by atoms with E-state index in [1.165, 1.54) is 16.6 Å². The van der Waals surface area contributed by atoms with E-state index in [-0.39, 0.29) is 10.9 Å². The zero-order valence-corrected chi connectivity index (χ0v) is 14.3. The Morgan fingerprint density at radius 2 is 2.04 bits per heavy atom. The van der Waals surface area contributed by atoms with E-state index in [1.54, 1.807) is 6.07 Å². The molecule has 0 amide bonds. The largest absolute Gasteiger partial charge is 0.478 e. The van der Waals surface area contributed by atoms with Crippen LogP contribution in [-0.2, 0) is 14.8 Å². The normalized spacial score (nSPS) is 19.1. The minimum absolute atomic E-state index is 0.161. The highest BCUT2D eigenvalue weighted by atomic mass is 32.2. The summed E-state index contributed by atoms with van der Waals surface area (Å²) in [5, 5.41) is 0. The third-order valence-electron chi connectivity index (χ3n) is 3.87. The second-order valence-electron chi connectivity index (χ2n) is 5.38. The van der Waals surface area contributed by atoms with Crippen molar-refractivity contribution in [2.24, 2.45) is 0 Å². The third kappa shape index (κ3) is 3.43. The second kappa shape index (κ2) is 7.29. The van der Waals surface area contributed by atoms with Gasteiger partial charge in [-0.1, -0.05) is 30.3 Å². The summed E-state index contributed by atoms with van der Waals surface area (Å²) in [5.41, 5.74) is 0.916. The summed E-state index contributed by atoms with van der Waals surface area (Å²) < 4.78 is 38.3. The molecule has 3 rings (SSSR count). The topological polar surface area (TPSA) is 68.7 Å². The summed E-state index contributed by atoms with van der Waals surface area (Å²) in [6.45, 7) is 3.37. The lowest BCUT2D eigenvalue weighted by Gasteiger charge is -2.34. The molecular formula is C17H20N2O4S. The molecule has 2 heterocycles. The Morgan fingerprint density at radius 1 is 1.25 bits per heavy atom. The Balaban J connectivity index is 1.91.